The van der Waals surface area contributed by atoms with Crippen molar-refractivity contribution < 1.29 is 42.1 Å². The molecule has 0 amide bonds. The maximum Gasteiger partial charge on any atom is 0.306 e. The molecule has 10 heteroatoms. The van der Waals surface area contributed by atoms with Crippen molar-refractivity contribution in [1.29, 1.82) is 0 Å². The maximum absolute atomic E-state index is 12.7. The Hall–Kier alpha value is -2.81. The molecular weight excluding hydrogens is 966 g/mol. The van der Waals surface area contributed by atoms with Gasteiger partial charge in [0.25, 0.3) is 7.82 Å². The first-order valence-electron chi connectivity index (χ1n) is 31.3. The lowest BCUT2D eigenvalue weighted by Crippen LogP contribution is -2.37. The summed E-state index contributed by atoms with van der Waals surface area (Å²) in [5.74, 6) is -0.927. The predicted octanol–water partition coefficient (Wildman–Crippen LogP) is 19.2. The van der Waals surface area contributed by atoms with E-state index < -0.39 is 32.5 Å². The number of ether oxygens (including phenoxy) is 2. The highest BCUT2D eigenvalue weighted by Gasteiger charge is 2.21. The summed E-state index contributed by atoms with van der Waals surface area (Å²) in [7, 11) is 1.12. The van der Waals surface area contributed by atoms with Crippen LogP contribution in [-0.2, 0) is 32.7 Å². The van der Waals surface area contributed by atoms with Crippen LogP contribution in [0.3, 0.4) is 0 Å². The quantitative estimate of drug-likeness (QED) is 0.0195. The number of allylic oxidation sites excluding steroid dienone is 14. The Morgan fingerprint density at radius 1 is 0.421 bits per heavy atom. The molecule has 0 radical (unpaired) electrons. The van der Waals surface area contributed by atoms with E-state index >= 15 is 0 Å². The van der Waals surface area contributed by atoms with Gasteiger partial charge in [0, 0.05) is 12.8 Å². The monoisotopic (exact) mass is 1080 g/mol. The molecule has 0 saturated heterocycles. The highest BCUT2D eigenvalue weighted by Crippen LogP contribution is 2.38. The van der Waals surface area contributed by atoms with Crippen molar-refractivity contribution in [1.82, 2.24) is 0 Å². The molecule has 2 atom stereocenters. The second-order valence-electron chi connectivity index (χ2n) is 22.0. The zero-order valence-electron chi connectivity index (χ0n) is 49.9. The van der Waals surface area contributed by atoms with Crippen molar-refractivity contribution in [3.63, 3.8) is 0 Å². The van der Waals surface area contributed by atoms with Gasteiger partial charge in [0.2, 0.25) is 0 Å². The van der Waals surface area contributed by atoms with E-state index in [0.717, 1.165) is 57.8 Å². The van der Waals surface area contributed by atoms with Gasteiger partial charge in [0.15, 0.2) is 6.10 Å². The second kappa shape index (κ2) is 56.9. The van der Waals surface area contributed by atoms with E-state index in [9.17, 15) is 19.0 Å². The van der Waals surface area contributed by atoms with Crippen molar-refractivity contribution in [2.24, 2.45) is 0 Å². The van der Waals surface area contributed by atoms with Gasteiger partial charge in [-0.25, -0.2) is 0 Å². The van der Waals surface area contributed by atoms with Crippen LogP contribution in [0.1, 0.15) is 271 Å². The van der Waals surface area contributed by atoms with Gasteiger partial charge in [0.05, 0.1) is 27.7 Å². The molecule has 2 unspecified atom stereocenters. The number of nitrogens with zero attached hydrogens (tertiary/aromatic N) is 1. The summed E-state index contributed by atoms with van der Waals surface area (Å²) in [4.78, 5) is 37.8. The number of quaternary nitrogens is 1. The van der Waals surface area contributed by atoms with Gasteiger partial charge in [-0.15, -0.1) is 0 Å². The SMILES string of the molecule is CC/C=C\C/C=C\C/C=C\C/C=C\C/C=C\C/C=C\CCC(=O)OC(COC(=O)CCCCCCCCCCCCCCCCCCCCCCC/C=C\CCCCCCCCCC)COP(=O)([O-])OCC[N+](C)(C)C. The minimum absolute atomic E-state index is 0.0471. The molecule has 0 saturated carbocycles. The molecule has 0 aromatic heterocycles. The molecule has 0 N–H and O–H groups in total. The molecule has 0 spiro atoms. The smallest absolute Gasteiger partial charge is 0.306 e. The van der Waals surface area contributed by atoms with Crippen LogP contribution in [0, 0.1) is 0 Å². The van der Waals surface area contributed by atoms with Gasteiger partial charge in [0.1, 0.15) is 19.8 Å². The summed E-state index contributed by atoms with van der Waals surface area (Å²) in [5.41, 5.74) is 0. The van der Waals surface area contributed by atoms with Crippen molar-refractivity contribution >= 4 is 19.8 Å². The first-order valence-corrected chi connectivity index (χ1v) is 32.8. The highest BCUT2D eigenvalue weighted by molar-refractivity contribution is 7.45. The average Bonchev–Trinajstić information content (AvgIpc) is 3.38. The molecule has 440 valence electrons. The molecule has 0 aliphatic rings. The predicted molar refractivity (Wildman–Crippen MR) is 323 cm³/mol. The Morgan fingerprint density at radius 3 is 1.17 bits per heavy atom. The zero-order valence-corrected chi connectivity index (χ0v) is 50.8. The normalized spacial score (nSPS) is 13.8. The van der Waals surface area contributed by atoms with Gasteiger partial charge in [-0.3, -0.25) is 14.2 Å². The minimum Gasteiger partial charge on any atom is -0.756 e. The Kier molecular flexibility index (Phi) is 54.8. The van der Waals surface area contributed by atoms with Gasteiger partial charge >= 0.3 is 11.9 Å². The first kappa shape index (κ1) is 73.2. The number of rotatable bonds is 57. The molecule has 0 aromatic rings. The molecule has 76 heavy (non-hydrogen) atoms. The number of phosphoric acid groups is 1. The number of esters is 2. The number of carbonyl (C=O) groups excluding carboxylic acids is 2. The van der Waals surface area contributed by atoms with E-state index in [-0.39, 0.29) is 26.1 Å². The topological polar surface area (TPSA) is 111 Å². The van der Waals surface area contributed by atoms with Gasteiger partial charge in [-0.1, -0.05) is 266 Å². The van der Waals surface area contributed by atoms with E-state index in [1.54, 1.807) is 0 Å². The summed E-state index contributed by atoms with van der Waals surface area (Å²) in [5, 5.41) is 0. The molecule has 0 heterocycles. The fraction of sp³-hybridized carbons (Fsp3) is 0.758. The van der Waals surface area contributed by atoms with Crippen LogP contribution in [0.5, 0.6) is 0 Å². The van der Waals surface area contributed by atoms with E-state index in [2.05, 4.69) is 86.8 Å². The van der Waals surface area contributed by atoms with Gasteiger partial charge < -0.3 is 27.9 Å². The molecule has 0 aliphatic carbocycles. The molecule has 0 aliphatic heterocycles. The summed E-state index contributed by atoms with van der Waals surface area (Å²) in [6.07, 6.45) is 76.8. The van der Waals surface area contributed by atoms with E-state index in [1.807, 2.05) is 33.3 Å². The Morgan fingerprint density at radius 2 is 0.776 bits per heavy atom. The van der Waals surface area contributed by atoms with Crippen LogP contribution < -0.4 is 4.89 Å². The van der Waals surface area contributed by atoms with Crippen molar-refractivity contribution in [2.75, 3.05) is 47.5 Å². The Balaban J connectivity index is 4.08. The number of likely N-dealkylation sites (N-methyl/N-ethyl adjacent to an activating group) is 1. The third kappa shape index (κ3) is 60.4. The third-order valence-electron chi connectivity index (χ3n) is 13.4. The summed E-state index contributed by atoms with van der Waals surface area (Å²) in [6.45, 7) is 4.06. The van der Waals surface area contributed by atoms with E-state index in [0.29, 0.717) is 17.4 Å². The number of hydrogen-bond acceptors (Lipinski definition) is 8. The molecule has 0 fully saturated rings. The molecular formula is C66H118NO8P. The molecule has 0 aromatic carbocycles. The standard InChI is InChI=1S/C66H118NO8P/c1-6-8-10-12-14-16-18-20-22-24-26-27-28-29-30-31-32-33-34-35-36-37-38-39-41-42-44-46-48-50-52-54-56-58-65(68)72-62-64(63-74-76(70,71)73-61-60-67(3,4)5)75-66(69)59-57-55-53-51-49-47-45-43-40-25-23-21-19-17-15-13-11-9-7-2/h9,11,15,17,21,23-24,26,40,43,47,49,53,55,64H,6-8,10,12-14,16,18-20,22,25,27-39,41-42,44-46,48,50-52,54,56-63H2,1-5H3/b11-9-,17-15-,23-21-,26-24-,43-40-,49-47-,55-53-. The fourth-order valence-corrected chi connectivity index (χ4v) is 9.35. The van der Waals surface area contributed by atoms with Crippen LogP contribution in [0.25, 0.3) is 0 Å². The Bertz CT molecular complexity index is 1560. The number of phosphoric ester groups is 1. The average molecular weight is 1080 g/mol. The molecule has 0 bridgehead atoms. The summed E-state index contributed by atoms with van der Waals surface area (Å²) in [6, 6.07) is 0. The van der Waals surface area contributed by atoms with Crippen molar-refractivity contribution in [3.8, 4) is 0 Å². The third-order valence-corrected chi connectivity index (χ3v) is 14.4. The van der Waals surface area contributed by atoms with E-state index in [4.69, 9.17) is 18.5 Å². The lowest BCUT2D eigenvalue weighted by Gasteiger charge is -2.28. The van der Waals surface area contributed by atoms with Crippen molar-refractivity contribution in [3.05, 3.63) is 85.1 Å². The summed E-state index contributed by atoms with van der Waals surface area (Å²) < 4.78 is 34.1. The first-order chi connectivity index (χ1) is 37.0. The largest absolute Gasteiger partial charge is 0.756 e. The molecule has 0 rings (SSSR count). The van der Waals surface area contributed by atoms with Gasteiger partial charge in [-0.2, -0.15) is 0 Å². The number of unbranched alkanes of at least 4 members (excludes halogenated alkanes) is 29. The summed E-state index contributed by atoms with van der Waals surface area (Å²) >= 11 is 0. The van der Waals surface area contributed by atoms with Crippen LogP contribution in [0.4, 0.5) is 0 Å². The van der Waals surface area contributed by atoms with Crippen LogP contribution in [0.15, 0.2) is 85.1 Å². The van der Waals surface area contributed by atoms with Crippen LogP contribution in [0.2, 0.25) is 0 Å². The Labute approximate surface area is 469 Å². The fourth-order valence-electron chi connectivity index (χ4n) is 8.62. The zero-order chi connectivity index (χ0) is 55.6. The lowest BCUT2D eigenvalue weighted by atomic mass is 10.0. The highest BCUT2D eigenvalue weighted by atomic mass is 31.2. The maximum atomic E-state index is 12.7. The second-order valence-corrected chi connectivity index (χ2v) is 23.4. The number of hydrogen-bond donors (Lipinski definition) is 0. The lowest BCUT2D eigenvalue weighted by molar-refractivity contribution is -0.870. The number of carbonyl (C=O) groups is 2. The van der Waals surface area contributed by atoms with Crippen LogP contribution in [-0.4, -0.2) is 70.0 Å². The van der Waals surface area contributed by atoms with Crippen molar-refractivity contribution in [2.45, 2.75) is 277 Å². The molecule has 9 nitrogen and oxygen atoms in total. The van der Waals surface area contributed by atoms with E-state index in [1.165, 1.54) is 180 Å². The minimum atomic E-state index is -4.66. The van der Waals surface area contributed by atoms with Gasteiger partial charge in [-0.05, 0) is 77.0 Å². The van der Waals surface area contributed by atoms with Crippen LogP contribution >= 0.6 is 7.82 Å².